The van der Waals surface area contributed by atoms with Gasteiger partial charge >= 0.3 is 0 Å². The molecule has 144 valence electrons. The molecule has 0 bridgehead atoms. The van der Waals surface area contributed by atoms with E-state index in [1.165, 1.54) is 16.7 Å². The third-order valence-corrected chi connectivity index (χ3v) is 5.18. The first-order chi connectivity index (χ1) is 13.2. The zero-order valence-electron chi connectivity index (χ0n) is 16.7. The first kappa shape index (κ1) is 19.4. The van der Waals surface area contributed by atoms with Crippen molar-refractivity contribution >= 4 is 5.96 Å². The maximum absolute atomic E-state index is 6.01. The van der Waals surface area contributed by atoms with Crippen LogP contribution < -0.4 is 5.32 Å². The highest BCUT2D eigenvalue weighted by atomic mass is 16.5. The minimum atomic E-state index is 0.152. The molecular formula is C23H31N3O. The lowest BCUT2D eigenvalue weighted by molar-refractivity contribution is 0.0925. The molecule has 0 spiro atoms. The zero-order chi connectivity index (χ0) is 19.1. The number of hydrogen-bond donors (Lipinski definition) is 1. The summed E-state index contributed by atoms with van der Waals surface area (Å²) in [6.07, 6.45) is 1.21. The standard InChI is InChI=1S/C23H31N3O/c1-4-24-23(26(3)17-21-13-9-8-10-18(21)2)25-16-20-14-15-27-22(20)19-11-6-5-7-12-19/h5-13,20,22H,4,14-17H2,1-3H3,(H,24,25). The number of hydrogen-bond acceptors (Lipinski definition) is 2. The Labute approximate surface area is 163 Å². The van der Waals surface area contributed by atoms with Crippen molar-refractivity contribution in [2.45, 2.75) is 32.9 Å². The van der Waals surface area contributed by atoms with Crippen LogP contribution in [0.4, 0.5) is 0 Å². The summed E-state index contributed by atoms with van der Waals surface area (Å²) in [7, 11) is 2.10. The lowest BCUT2D eigenvalue weighted by atomic mass is 9.95. The van der Waals surface area contributed by atoms with Gasteiger partial charge in [0, 0.05) is 39.2 Å². The van der Waals surface area contributed by atoms with Gasteiger partial charge in [-0.2, -0.15) is 0 Å². The van der Waals surface area contributed by atoms with E-state index in [9.17, 15) is 0 Å². The van der Waals surface area contributed by atoms with Gasteiger partial charge in [0.1, 0.15) is 0 Å². The van der Waals surface area contributed by atoms with Crippen LogP contribution in [0.1, 0.15) is 36.1 Å². The SMILES string of the molecule is CCNC(=NCC1CCOC1c1ccccc1)N(C)Cc1ccccc1C. The van der Waals surface area contributed by atoms with Crippen molar-refractivity contribution < 1.29 is 4.74 Å². The van der Waals surface area contributed by atoms with E-state index in [2.05, 4.69) is 85.7 Å². The molecule has 4 heteroatoms. The molecule has 2 aromatic carbocycles. The molecule has 0 aliphatic carbocycles. The first-order valence-electron chi connectivity index (χ1n) is 9.89. The molecule has 1 N–H and O–H groups in total. The van der Waals surface area contributed by atoms with Gasteiger partial charge in [-0.25, -0.2) is 0 Å². The Morgan fingerprint density at radius 3 is 2.63 bits per heavy atom. The summed E-state index contributed by atoms with van der Waals surface area (Å²) < 4.78 is 6.01. The van der Waals surface area contributed by atoms with Gasteiger partial charge in [-0.1, -0.05) is 54.6 Å². The van der Waals surface area contributed by atoms with E-state index in [-0.39, 0.29) is 6.10 Å². The molecule has 27 heavy (non-hydrogen) atoms. The van der Waals surface area contributed by atoms with Crippen LogP contribution >= 0.6 is 0 Å². The van der Waals surface area contributed by atoms with Crippen LogP contribution in [-0.4, -0.2) is 37.6 Å². The fraction of sp³-hybridized carbons (Fsp3) is 0.435. The van der Waals surface area contributed by atoms with Crippen molar-refractivity contribution in [3.8, 4) is 0 Å². The predicted octanol–water partition coefficient (Wildman–Crippen LogP) is 4.17. The number of nitrogens with one attached hydrogen (secondary N) is 1. The third-order valence-electron chi connectivity index (χ3n) is 5.18. The molecule has 1 saturated heterocycles. The highest BCUT2D eigenvalue weighted by Crippen LogP contribution is 2.34. The normalized spacial score (nSPS) is 19.9. The average Bonchev–Trinajstić information content (AvgIpc) is 3.16. The zero-order valence-corrected chi connectivity index (χ0v) is 16.7. The van der Waals surface area contributed by atoms with Crippen LogP contribution in [-0.2, 0) is 11.3 Å². The largest absolute Gasteiger partial charge is 0.373 e. The van der Waals surface area contributed by atoms with Crippen molar-refractivity contribution in [1.82, 2.24) is 10.2 Å². The van der Waals surface area contributed by atoms with Gasteiger partial charge in [0.05, 0.1) is 6.10 Å². The third kappa shape index (κ3) is 5.10. The van der Waals surface area contributed by atoms with Crippen LogP contribution in [0.25, 0.3) is 0 Å². The van der Waals surface area contributed by atoms with Gasteiger partial charge in [0.25, 0.3) is 0 Å². The first-order valence-corrected chi connectivity index (χ1v) is 9.89. The lowest BCUT2D eigenvalue weighted by Gasteiger charge is -2.24. The Morgan fingerprint density at radius 2 is 1.89 bits per heavy atom. The van der Waals surface area contributed by atoms with Gasteiger partial charge < -0.3 is 15.0 Å². The van der Waals surface area contributed by atoms with E-state index in [1.54, 1.807) is 0 Å². The summed E-state index contributed by atoms with van der Waals surface area (Å²) in [5.74, 6) is 1.38. The second kappa shape index (κ2) is 9.56. The number of nitrogens with zero attached hydrogens (tertiary/aromatic N) is 2. The van der Waals surface area contributed by atoms with Crippen LogP contribution in [0.5, 0.6) is 0 Å². The second-order valence-electron chi connectivity index (χ2n) is 7.23. The van der Waals surface area contributed by atoms with Crippen molar-refractivity contribution in [3.05, 3.63) is 71.3 Å². The second-order valence-corrected chi connectivity index (χ2v) is 7.23. The summed E-state index contributed by atoms with van der Waals surface area (Å²) in [6, 6.07) is 19.1. The predicted molar refractivity (Wildman–Crippen MR) is 112 cm³/mol. The molecule has 1 fully saturated rings. The molecule has 2 unspecified atom stereocenters. The Morgan fingerprint density at radius 1 is 1.15 bits per heavy atom. The molecule has 0 radical (unpaired) electrons. The number of ether oxygens (including phenoxy) is 1. The van der Waals surface area contributed by atoms with E-state index in [4.69, 9.17) is 9.73 Å². The number of rotatable bonds is 6. The molecule has 0 amide bonds. The van der Waals surface area contributed by atoms with Crippen LogP contribution in [0, 0.1) is 12.8 Å². The molecule has 1 heterocycles. The highest BCUT2D eigenvalue weighted by Gasteiger charge is 2.29. The quantitative estimate of drug-likeness (QED) is 0.617. The van der Waals surface area contributed by atoms with Gasteiger partial charge in [-0.15, -0.1) is 0 Å². The summed E-state index contributed by atoms with van der Waals surface area (Å²) in [6.45, 7) is 7.58. The summed E-state index contributed by atoms with van der Waals surface area (Å²) in [5, 5.41) is 3.44. The summed E-state index contributed by atoms with van der Waals surface area (Å²) >= 11 is 0. The minimum absolute atomic E-state index is 0.152. The van der Waals surface area contributed by atoms with Gasteiger partial charge in [0.15, 0.2) is 5.96 Å². The van der Waals surface area contributed by atoms with Crippen LogP contribution in [0.3, 0.4) is 0 Å². The molecule has 4 nitrogen and oxygen atoms in total. The van der Waals surface area contributed by atoms with Crippen molar-refractivity contribution in [2.75, 3.05) is 26.7 Å². The smallest absolute Gasteiger partial charge is 0.193 e. The number of aryl methyl sites for hydroxylation is 1. The molecule has 3 rings (SSSR count). The van der Waals surface area contributed by atoms with Crippen molar-refractivity contribution in [3.63, 3.8) is 0 Å². The summed E-state index contributed by atoms with van der Waals surface area (Å²) in [5.41, 5.74) is 3.90. The van der Waals surface area contributed by atoms with E-state index in [0.717, 1.165) is 38.6 Å². The van der Waals surface area contributed by atoms with Crippen LogP contribution in [0.15, 0.2) is 59.6 Å². The number of benzene rings is 2. The maximum Gasteiger partial charge on any atom is 0.193 e. The summed E-state index contributed by atoms with van der Waals surface area (Å²) in [4.78, 5) is 7.16. The molecule has 2 atom stereocenters. The van der Waals surface area contributed by atoms with Gasteiger partial charge in [-0.05, 0) is 37.0 Å². The molecule has 1 aliphatic heterocycles. The molecule has 0 aromatic heterocycles. The van der Waals surface area contributed by atoms with E-state index in [1.807, 2.05) is 0 Å². The van der Waals surface area contributed by atoms with E-state index >= 15 is 0 Å². The minimum Gasteiger partial charge on any atom is -0.373 e. The highest BCUT2D eigenvalue weighted by molar-refractivity contribution is 5.79. The Balaban J connectivity index is 1.68. The Kier molecular flexibility index (Phi) is 6.88. The molecular weight excluding hydrogens is 334 g/mol. The molecule has 0 saturated carbocycles. The maximum atomic E-state index is 6.01. The van der Waals surface area contributed by atoms with Crippen molar-refractivity contribution in [1.29, 1.82) is 0 Å². The molecule has 1 aliphatic rings. The van der Waals surface area contributed by atoms with E-state index < -0.39 is 0 Å². The molecule has 2 aromatic rings. The van der Waals surface area contributed by atoms with Crippen molar-refractivity contribution in [2.24, 2.45) is 10.9 Å². The van der Waals surface area contributed by atoms with Gasteiger partial charge in [0.2, 0.25) is 0 Å². The topological polar surface area (TPSA) is 36.9 Å². The average molecular weight is 366 g/mol. The number of guanidine groups is 1. The lowest BCUT2D eigenvalue weighted by Crippen LogP contribution is -2.39. The van der Waals surface area contributed by atoms with E-state index in [0.29, 0.717) is 5.92 Å². The van der Waals surface area contributed by atoms with Crippen LogP contribution in [0.2, 0.25) is 0 Å². The Hall–Kier alpha value is -2.33. The Bertz CT molecular complexity index is 744. The fourth-order valence-electron chi connectivity index (χ4n) is 3.62. The monoisotopic (exact) mass is 365 g/mol. The number of aliphatic imine (C=N–C) groups is 1. The van der Waals surface area contributed by atoms with Gasteiger partial charge in [-0.3, -0.25) is 4.99 Å². The fourth-order valence-corrected chi connectivity index (χ4v) is 3.62.